The van der Waals surface area contributed by atoms with Gasteiger partial charge in [-0.2, -0.15) is 0 Å². The van der Waals surface area contributed by atoms with Gasteiger partial charge in [-0.25, -0.2) is 0 Å². The molecule has 0 aliphatic carbocycles. The van der Waals surface area contributed by atoms with Crippen LogP contribution in [0.2, 0.25) is 0 Å². The number of benzene rings is 1. The highest BCUT2D eigenvalue weighted by Crippen LogP contribution is 2.23. The second kappa shape index (κ2) is 7.44. The van der Waals surface area contributed by atoms with Crippen LogP contribution in [0, 0.1) is 5.92 Å². The van der Waals surface area contributed by atoms with Gasteiger partial charge in [-0.15, -0.1) is 0 Å². The van der Waals surface area contributed by atoms with Gasteiger partial charge in [0.15, 0.2) is 0 Å². The van der Waals surface area contributed by atoms with E-state index in [0.717, 1.165) is 19.0 Å². The van der Waals surface area contributed by atoms with Crippen molar-refractivity contribution in [3.63, 3.8) is 0 Å². The predicted octanol–water partition coefficient (Wildman–Crippen LogP) is 2.89. The van der Waals surface area contributed by atoms with E-state index in [-0.39, 0.29) is 5.97 Å². The number of piperidine rings is 1. The molecule has 1 aromatic rings. The molecule has 0 bridgehead atoms. The highest BCUT2D eigenvalue weighted by atomic mass is 16.5. The topological polar surface area (TPSA) is 29.5 Å². The lowest BCUT2D eigenvalue weighted by molar-refractivity contribution is -0.142. The third kappa shape index (κ3) is 4.34. The molecule has 20 heavy (non-hydrogen) atoms. The van der Waals surface area contributed by atoms with E-state index in [1.54, 1.807) is 0 Å². The first kappa shape index (κ1) is 15.0. The van der Waals surface area contributed by atoms with Gasteiger partial charge < -0.3 is 9.64 Å². The van der Waals surface area contributed by atoms with Crippen molar-refractivity contribution in [2.75, 3.05) is 20.2 Å². The highest BCUT2D eigenvalue weighted by Gasteiger charge is 2.24. The third-order valence-electron chi connectivity index (χ3n) is 4.33. The maximum Gasteiger partial charge on any atom is 0.307 e. The fraction of sp³-hybridized carbons (Fsp3) is 0.588. The summed E-state index contributed by atoms with van der Waals surface area (Å²) in [5, 5.41) is 0. The van der Waals surface area contributed by atoms with E-state index in [1.807, 2.05) is 0 Å². The Bertz CT molecular complexity index is 410. The molecule has 0 radical (unpaired) electrons. The van der Waals surface area contributed by atoms with E-state index in [0.29, 0.717) is 12.5 Å². The number of hydrogen-bond donors (Lipinski definition) is 0. The van der Waals surface area contributed by atoms with Crippen molar-refractivity contribution >= 4 is 5.97 Å². The second-order valence-corrected chi connectivity index (χ2v) is 5.80. The van der Waals surface area contributed by atoms with E-state index in [4.69, 9.17) is 4.74 Å². The van der Waals surface area contributed by atoms with Crippen LogP contribution < -0.4 is 0 Å². The Labute approximate surface area is 121 Å². The smallest absolute Gasteiger partial charge is 0.307 e. The SMILES string of the molecule is COC(=O)CC(C)N1CCC(Cc2ccccc2)CC1. The molecule has 1 fully saturated rings. The zero-order valence-corrected chi connectivity index (χ0v) is 12.5. The molecule has 2 rings (SSSR count). The van der Waals surface area contributed by atoms with Crippen molar-refractivity contribution in [1.82, 2.24) is 4.90 Å². The Kier molecular flexibility index (Phi) is 5.60. The van der Waals surface area contributed by atoms with E-state index >= 15 is 0 Å². The number of hydrogen-bond acceptors (Lipinski definition) is 3. The Hall–Kier alpha value is -1.35. The third-order valence-corrected chi connectivity index (χ3v) is 4.33. The van der Waals surface area contributed by atoms with Crippen molar-refractivity contribution in [2.24, 2.45) is 5.92 Å². The van der Waals surface area contributed by atoms with Crippen LogP contribution in [0.5, 0.6) is 0 Å². The molecule has 1 aliphatic rings. The minimum absolute atomic E-state index is 0.107. The summed E-state index contributed by atoms with van der Waals surface area (Å²) in [7, 11) is 1.46. The molecule has 0 amide bonds. The van der Waals surface area contributed by atoms with Gasteiger partial charge in [0, 0.05) is 6.04 Å². The maximum absolute atomic E-state index is 11.3. The van der Waals surface area contributed by atoms with Gasteiger partial charge in [0.1, 0.15) is 0 Å². The molecule has 1 saturated heterocycles. The zero-order chi connectivity index (χ0) is 14.4. The first-order valence-electron chi connectivity index (χ1n) is 7.54. The van der Waals surface area contributed by atoms with Crippen molar-refractivity contribution in [3.8, 4) is 0 Å². The molecule has 0 N–H and O–H groups in total. The average molecular weight is 275 g/mol. The molecule has 1 heterocycles. The van der Waals surface area contributed by atoms with Gasteiger partial charge in [-0.05, 0) is 50.8 Å². The van der Waals surface area contributed by atoms with E-state index in [1.165, 1.54) is 31.9 Å². The lowest BCUT2D eigenvalue weighted by Gasteiger charge is -2.35. The molecule has 1 aromatic carbocycles. The molecule has 110 valence electrons. The van der Waals surface area contributed by atoms with Crippen LogP contribution in [0.25, 0.3) is 0 Å². The van der Waals surface area contributed by atoms with Crippen LogP contribution in [-0.2, 0) is 16.0 Å². The predicted molar refractivity (Wildman–Crippen MR) is 80.5 cm³/mol. The van der Waals surface area contributed by atoms with Gasteiger partial charge in [-0.3, -0.25) is 4.79 Å². The first-order valence-corrected chi connectivity index (χ1v) is 7.54. The summed E-state index contributed by atoms with van der Waals surface area (Å²) < 4.78 is 4.75. The van der Waals surface area contributed by atoms with Gasteiger partial charge in [-0.1, -0.05) is 30.3 Å². The molecular weight excluding hydrogens is 250 g/mol. The number of ether oxygens (including phenoxy) is 1. The number of nitrogens with zero attached hydrogens (tertiary/aromatic N) is 1. The molecule has 1 unspecified atom stereocenters. The molecule has 3 nitrogen and oxygen atoms in total. The van der Waals surface area contributed by atoms with E-state index in [9.17, 15) is 4.79 Å². The van der Waals surface area contributed by atoms with Crippen LogP contribution in [0.15, 0.2) is 30.3 Å². The number of carbonyl (C=O) groups excluding carboxylic acids is 1. The van der Waals surface area contributed by atoms with E-state index < -0.39 is 0 Å². The summed E-state index contributed by atoms with van der Waals surface area (Å²) in [5.74, 6) is 0.669. The quantitative estimate of drug-likeness (QED) is 0.774. The van der Waals surface area contributed by atoms with Crippen LogP contribution in [0.4, 0.5) is 0 Å². The fourth-order valence-electron chi connectivity index (χ4n) is 3.00. The van der Waals surface area contributed by atoms with Crippen molar-refractivity contribution in [2.45, 2.75) is 38.6 Å². The number of methoxy groups -OCH3 is 1. The molecule has 1 atom stereocenters. The van der Waals surface area contributed by atoms with Gasteiger partial charge in [0.25, 0.3) is 0 Å². The molecule has 0 spiro atoms. The lowest BCUT2D eigenvalue weighted by atomic mass is 9.89. The Morgan fingerprint density at radius 1 is 1.30 bits per heavy atom. The summed E-state index contributed by atoms with van der Waals surface area (Å²) in [5.41, 5.74) is 1.44. The summed E-state index contributed by atoms with van der Waals surface area (Å²) in [6.45, 7) is 4.31. The van der Waals surface area contributed by atoms with Crippen molar-refractivity contribution in [1.29, 1.82) is 0 Å². The number of esters is 1. The second-order valence-electron chi connectivity index (χ2n) is 5.80. The molecule has 1 aliphatic heterocycles. The Morgan fingerprint density at radius 3 is 2.55 bits per heavy atom. The Balaban J connectivity index is 1.76. The number of rotatable bonds is 5. The lowest BCUT2D eigenvalue weighted by Crippen LogP contribution is -2.41. The largest absolute Gasteiger partial charge is 0.469 e. The van der Waals surface area contributed by atoms with Crippen LogP contribution in [-0.4, -0.2) is 37.1 Å². The van der Waals surface area contributed by atoms with Crippen molar-refractivity contribution < 1.29 is 9.53 Å². The number of carbonyl (C=O) groups is 1. The standard InChI is InChI=1S/C17H25NO2/c1-14(12-17(19)20-2)18-10-8-16(9-11-18)13-15-6-4-3-5-7-15/h3-7,14,16H,8-13H2,1-2H3. The summed E-state index contributed by atoms with van der Waals surface area (Å²) in [6.07, 6.45) is 4.13. The fourth-order valence-corrected chi connectivity index (χ4v) is 3.00. The Morgan fingerprint density at radius 2 is 1.95 bits per heavy atom. The zero-order valence-electron chi connectivity index (χ0n) is 12.5. The highest BCUT2D eigenvalue weighted by molar-refractivity contribution is 5.69. The van der Waals surface area contributed by atoms with Gasteiger partial charge in [0.2, 0.25) is 0 Å². The van der Waals surface area contributed by atoms with Crippen LogP contribution >= 0.6 is 0 Å². The minimum Gasteiger partial charge on any atom is -0.469 e. The summed E-state index contributed by atoms with van der Waals surface area (Å²) >= 11 is 0. The van der Waals surface area contributed by atoms with Crippen LogP contribution in [0.3, 0.4) is 0 Å². The minimum atomic E-state index is -0.107. The van der Waals surface area contributed by atoms with Crippen molar-refractivity contribution in [3.05, 3.63) is 35.9 Å². The maximum atomic E-state index is 11.3. The molecule has 0 aromatic heterocycles. The van der Waals surface area contributed by atoms with E-state index in [2.05, 4.69) is 42.2 Å². The molecular formula is C17H25NO2. The van der Waals surface area contributed by atoms with Gasteiger partial charge in [0.05, 0.1) is 13.5 Å². The van der Waals surface area contributed by atoms with Gasteiger partial charge >= 0.3 is 5.97 Å². The first-order chi connectivity index (χ1) is 9.69. The average Bonchev–Trinajstić information content (AvgIpc) is 2.49. The van der Waals surface area contributed by atoms with Crippen LogP contribution in [0.1, 0.15) is 31.7 Å². The summed E-state index contributed by atoms with van der Waals surface area (Å²) in [6, 6.07) is 11.0. The number of likely N-dealkylation sites (tertiary alicyclic amines) is 1. The molecule has 0 saturated carbocycles. The monoisotopic (exact) mass is 275 g/mol. The molecule has 3 heteroatoms. The summed E-state index contributed by atoms with van der Waals surface area (Å²) in [4.78, 5) is 13.7. The normalized spacial score (nSPS) is 18.7.